The summed E-state index contributed by atoms with van der Waals surface area (Å²) < 4.78 is 0. The monoisotopic (exact) mass is 257 g/mol. The van der Waals surface area contributed by atoms with Crippen molar-refractivity contribution in [3.05, 3.63) is 24.0 Å². The van der Waals surface area contributed by atoms with Crippen molar-refractivity contribution in [2.75, 3.05) is 13.1 Å². The van der Waals surface area contributed by atoms with Crippen molar-refractivity contribution in [2.24, 2.45) is 0 Å². The predicted octanol–water partition coefficient (Wildman–Crippen LogP) is 0.691. The first-order valence-electron chi connectivity index (χ1n) is 5.43. The molecule has 17 heavy (non-hydrogen) atoms. The van der Waals surface area contributed by atoms with Gasteiger partial charge in [-0.05, 0) is 31.5 Å². The molecule has 0 aromatic carbocycles. The van der Waals surface area contributed by atoms with E-state index < -0.39 is 0 Å². The molecule has 1 aliphatic heterocycles. The number of nitrogens with zero attached hydrogens (tertiary/aromatic N) is 1. The molecule has 2 rings (SSSR count). The van der Waals surface area contributed by atoms with E-state index in [1.165, 1.54) is 12.3 Å². The molecule has 1 amide bonds. The molecule has 1 saturated heterocycles. The summed E-state index contributed by atoms with van der Waals surface area (Å²) in [5.74, 6) is -0.411. The molecule has 1 unspecified atom stereocenters. The van der Waals surface area contributed by atoms with Crippen molar-refractivity contribution in [3.8, 4) is 5.75 Å². The Labute approximate surface area is 106 Å². The van der Waals surface area contributed by atoms with Gasteiger partial charge >= 0.3 is 0 Å². The molecule has 1 fully saturated rings. The number of hydrogen-bond donors (Lipinski definition) is 3. The maximum Gasteiger partial charge on any atom is 0.273 e. The fraction of sp³-hybridized carbons (Fsp3) is 0.455. The lowest BCUT2D eigenvalue weighted by atomic mass is 10.2. The number of hydrogen-bond acceptors (Lipinski definition) is 4. The Kier molecular flexibility index (Phi) is 5.18. The van der Waals surface area contributed by atoms with Crippen LogP contribution in [0.3, 0.4) is 0 Å². The topological polar surface area (TPSA) is 74.2 Å². The summed E-state index contributed by atoms with van der Waals surface area (Å²) in [7, 11) is 0. The second-order valence-corrected chi connectivity index (χ2v) is 3.87. The lowest BCUT2D eigenvalue weighted by molar-refractivity contribution is 0.0942. The SMILES string of the molecule is Cl.O=C(NCC1CCCN1)c1ncccc1O. The van der Waals surface area contributed by atoms with Gasteiger partial charge in [0.1, 0.15) is 5.75 Å². The van der Waals surface area contributed by atoms with E-state index in [1.807, 2.05) is 0 Å². The van der Waals surface area contributed by atoms with Crippen LogP contribution >= 0.6 is 12.4 Å². The number of amides is 1. The molecule has 0 bridgehead atoms. The molecule has 0 radical (unpaired) electrons. The van der Waals surface area contributed by atoms with Crippen LogP contribution in [0.15, 0.2) is 18.3 Å². The average molecular weight is 258 g/mol. The summed E-state index contributed by atoms with van der Waals surface area (Å²) >= 11 is 0. The van der Waals surface area contributed by atoms with Crippen LogP contribution in [0.2, 0.25) is 0 Å². The maximum absolute atomic E-state index is 11.7. The summed E-state index contributed by atoms with van der Waals surface area (Å²) in [6.45, 7) is 1.59. The minimum atomic E-state index is -0.327. The maximum atomic E-state index is 11.7. The zero-order chi connectivity index (χ0) is 11.4. The first kappa shape index (κ1) is 13.7. The van der Waals surface area contributed by atoms with Gasteiger partial charge in [-0.3, -0.25) is 4.79 Å². The quantitative estimate of drug-likeness (QED) is 0.745. The molecule has 1 aromatic rings. The Balaban J connectivity index is 0.00000144. The third kappa shape index (κ3) is 3.57. The van der Waals surface area contributed by atoms with Gasteiger partial charge in [0.05, 0.1) is 0 Å². The van der Waals surface area contributed by atoms with Crippen LogP contribution in [0.25, 0.3) is 0 Å². The normalized spacial score (nSPS) is 18.5. The Bertz CT molecular complexity index is 381. The van der Waals surface area contributed by atoms with E-state index in [9.17, 15) is 9.90 Å². The van der Waals surface area contributed by atoms with Crippen molar-refractivity contribution in [1.29, 1.82) is 0 Å². The molecule has 0 aliphatic carbocycles. The molecule has 2 heterocycles. The number of carbonyl (C=O) groups is 1. The van der Waals surface area contributed by atoms with Crippen molar-refractivity contribution in [1.82, 2.24) is 15.6 Å². The molecule has 1 aliphatic rings. The first-order valence-corrected chi connectivity index (χ1v) is 5.43. The van der Waals surface area contributed by atoms with E-state index in [4.69, 9.17) is 0 Å². The zero-order valence-electron chi connectivity index (χ0n) is 9.35. The summed E-state index contributed by atoms with van der Waals surface area (Å²) in [5.41, 5.74) is 0.0838. The molecule has 0 spiro atoms. The van der Waals surface area contributed by atoms with Crippen molar-refractivity contribution >= 4 is 18.3 Å². The first-order chi connectivity index (χ1) is 7.77. The number of aromatic hydroxyl groups is 1. The van der Waals surface area contributed by atoms with E-state index >= 15 is 0 Å². The Morgan fingerprint density at radius 1 is 1.65 bits per heavy atom. The highest BCUT2D eigenvalue weighted by Gasteiger charge is 2.17. The second-order valence-electron chi connectivity index (χ2n) is 3.87. The molecule has 6 heteroatoms. The lowest BCUT2D eigenvalue weighted by Crippen LogP contribution is -2.37. The molecular weight excluding hydrogens is 242 g/mol. The smallest absolute Gasteiger partial charge is 0.273 e. The molecule has 94 valence electrons. The van der Waals surface area contributed by atoms with Crippen molar-refractivity contribution in [2.45, 2.75) is 18.9 Å². The number of nitrogens with one attached hydrogen (secondary N) is 2. The van der Waals surface area contributed by atoms with Crippen LogP contribution in [0, 0.1) is 0 Å². The summed E-state index contributed by atoms with van der Waals surface area (Å²) in [6.07, 6.45) is 3.71. The van der Waals surface area contributed by atoms with Crippen LogP contribution in [0.5, 0.6) is 5.75 Å². The molecule has 0 saturated carbocycles. The highest BCUT2D eigenvalue weighted by atomic mass is 35.5. The third-order valence-corrected chi connectivity index (χ3v) is 2.67. The summed E-state index contributed by atoms with van der Waals surface area (Å²) in [4.78, 5) is 15.5. The third-order valence-electron chi connectivity index (χ3n) is 2.67. The van der Waals surface area contributed by atoms with E-state index in [-0.39, 0.29) is 29.8 Å². The fourth-order valence-corrected chi connectivity index (χ4v) is 1.80. The van der Waals surface area contributed by atoms with Gasteiger partial charge in [0.25, 0.3) is 5.91 Å². The van der Waals surface area contributed by atoms with Crippen molar-refractivity contribution < 1.29 is 9.90 Å². The van der Waals surface area contributed by atoms with Crippen LogP contribution in [0.4, 0.5) is 0 Å². The van der Waals surface area contributed by atoms with E-state index in [2.05, 4.69) is 15.6 Å². The van der Waals surface area contributed by atoms with E-state index in [0.717, 1.165) is 19.4 Å². The number of rotatable bonds is 3. The minimum absolute atomic E-state index is 0. The van der Waals surface area contributed by atoms with Gasteiger partial charge in [-0.15, -0.1) is 12.4 Å². The molecule has 1 atom stereocenters. The largest absolute Gasteiger partial charge is 0.505 e. The van der Waals surface area contributed by atoms with Crippen LogP contribution in [0.1, 0.15) is 23.3 Å². The highest BCUT2D eigenvalue weighted by Crippen LogP contribution is 2.12. The summed E-state index contributed by atoms with van der Waals surface area (Å²) in [5, 5.41) is 15.5. The summed E-state index contributed by atoms with van der Waals surface area (Å²) in [6, 6.07) is 3.38. The predicted molar refractivity (Wildman–Crippen MR) is 66.5 cm³/mol. The number of aromatic nitrogens is 1. The lowest BCUT2D eigenvalue weighted by Gasteiger charge is -2.11. The standard InChI is InChI=1S/C11H15N3O2.ClH/c15-9-4-2-6-13-10(9)11(16)14-7-8-3-1-5-12-8;/h2,4,6,8,12,15H,1,3,5,7H2,(H,14,16);1H. The molecule has 5 nitrogen and oxygen atoms in total. The Morgan fingerprint density at radius 3 is 3.12 bits per heavy atom. The highest BCUT2D eigenvalue weighted by molar-refractivity contribution is 5.94. The van der Waals surface area contributed by atoms with E-state index in [1.54, 1.807) is 6.07 Å². The van der Waals surface area contributed by atoms with Gasteiger partial charge in [-0.25, -0.2) is 4.98 Å². The van der Waals surface area contributed by atoms with Gasteiger partial charge in [-0.1, -0.05) is 0 Å². The van der Waals surface area contributed by atoms with E-state index in [0.29, 0.717) is 12.6 Å². The molecular formula is C11H16ClN3O2. The number of carbonyl (C=O) groups excluding carboxylic acids is 1. The van der Waals surface area contributed by atoms with Crippen LogP contribution in [-0.2, 0) is 0 Å². The van der Waals surface area contributed by atoms with Gasteiger partial charge in [0.2, 0.25) is 0 Å². The van der Waals surface area contributed by atoms with Gasteiger partial charge in [0.15, 0.2) is 5.69 Å². The zero-order valence-corrected chi connectivity index (χ0v) is 10.2. The van der Waals surface area contributed by atoms with Crippen molar-refractivity contribution in [3.63, 3.8) is 0 Å². The average Bonchev–Trinajstić information content (AvgIpc) is 2.79. The fourth-order valence-electron chi connectivity index (χ4n) is 1.80. The second kappa shape index (κ2) is 6.42. The number of halogens is 1. The van der Waals surface area contributed by atoms with Crippen LogP contribution < -0.4 is 10.6 Å². The van der Waals surface area contributed by atoms with Gasteiger partial charge in [-0.2, -0.15) is 0 Å². The van der Waals surface area contributed by atoms with Crippen LogP contribution in [-0.4, -0.2) is 35.1 Å². The minimum Gasteiger partial charge on any atom is -0.505 e. The number of pyridine rings is 1. The molecule has 3 N–H and O–H groups in total. The Hall–Kier alpha value is -1.33. The van der Waals surface area contributed by atoms with Gasteiger partial charge < -0.3 is 15.7 Å². The Morgan fingerprint density at radius 2 is 2.47 bits per heavy atom. The molecule has 1 aromatic heterocycles. The van der Waals surface area contributed by atoms with Gasteiger partial charge in [0, 0.05) is 18.8 Å².